The van der Waals surface area contributed by atoms with Crippen LogP contribution < -0.4 is 10.6 Å². The minimum Gasteiger partial charge on any atom is -0.391 e. The van der Waals surface area contributed by atoms with Gasteiger partial charge in [0.25, 0.3) is 5.91 Å². The molecular weight excluding hydrogens is 338 g/mol. The number of hydrogen-bond acceptors (Lipinski definition) is 3. The fourth-order valence-electron chi connectivity index (χ4n) is 1.92. The number of halogens is 3. The number of aliphatic hydroxyl groups is 1. The molecule has 2 atom stereocenters. The van der Waals surface area contributed by atoms with Crippen molar-refractivity contribution in [3.63, 3.8) is 0 Å². The van der Waals surface area contributed by atoms with Gasteiger partial charge in [-0.1, -0.05) is 15.9 Å². The first kappa shape index (κ1) is 16.4. The molecule has 1 saturated heterocycles. The molecule has 1 aliphatic rings. The standard InChI is InChI=1S/C12H14BrFN2O2.ClH/c13-8-1-2-9(10(14)3-8)12(18)16-5-7-4-15-6-11(7)17;/h1-3,7,11,15,17H,4-6H2,(H,16,18);1H. The van der Waals surface area contributed by atoms with E-state index >= 15 is 0 Å². The zero-order valence-electron chi connectivity index (χ0n) is 10.0. The quantitative estimate of drug-likeness (QED) is 0.768. The molecule has 106 valence electrons. The summed E-state index contributed by atoms with van der Waals surface area (Å²) in [6, 6.07) is 4.29. The lowest BCUT2D eigenvalue weighted by Crippen LogP contribution is -2.34. The lowest BCUT2D eigenvalue weighted by Gasteiger charge is -2.14. The summed E-state index contributed by atoms with van der Waals surface area (Å²) in [5, 5.41) is 15.2. The molecule has 0 radical (unpaired) electrons. The van der Waals surface area contributed by atoms with Crippen molar-refractivity contribution in [3.05, 3.63) is 34.1 Å². The third-order valence-electron chi connectivity index (χ3n) is 3.00. The summed E-state index contributed by atoms with van der Waals surface area (Å²) in [5.41, 5.74) is 0.0126. The fraction of sp³-hybridized carbons (Fsp3) is 0.417. The summed E-state index contributed by atoms with van der Waals surface area (Å²) in [7, 11) is 0. The largest absolute Gasteiger partial charge is 0.391 e. The van der Waals surface area contributed by atoms with E-state index in [1.165, 1.54) is 12.1 Å². The van der Waals surface area contributed by atoms with Crippen LogP contribution in [0.4, 0.5) is 4.39 Å². The predicted molar refractivity (Wildman–Crippen MR) is 76.0 cm³/mol. The van der Waals surface area contributed by atoms with Gasteiger partial charge in [0.1, 0.15) is 5.82 Å². The van der Waals surface area contributed by atoms with E-state index in [-0.39, 0.29) is 23.9 Å². The number of rotatable bonds is 3. The van der Waals surface area contributed by atoms with Gasteiger partial charge in [-0.05, 0) is 18.2 Å². The van der Waals surface area contributed by atoms with Gasteiger partial charge in [-0.2, -0.15) is 0 Å². The molecule has 0 saturated carbocycles. The molecule has 2 rings (SSSR count). The second-order valence-electron chi connectivity index (χ2n) is 4.32. The minimum atomic E-state index is -0.563. The third kappa shape index (κ3) is 4.14. The van der Waals surface area contributed by atoms with E-state index in [4.69, 9.17) is 0 Å². The SMILES string of the molecule is Cl.O=C(NCC1CNCC1O)c1ccc(Br)cc1F. The first-order valence-electron chi connectivity index (χ1n) is 5.70. The number of nitrogens with one attached hydrogen (secondary N) is 2. The highest BCUT2D eigenvalue weighted by Gasteiger charge is 2.25. The monoisotopic (exact) mass is 352 g/mol. The van der Waals surface area contributed by atoms with Crippen LogP contribution in [0.25, 0.3) is 0 Å². The fourth-order valence-corrected chi connectivity index (χ4v) is 2.25. The first-order chi connectivity index (χ1) is 8.58. The molecule has 0 spiro atoms. The number of benzene rings is 1. The van der Waals surface area contributed by atoms with Crippen molar-refractivity contribution in [1.29, 1.82) is 0 Å². The van der Waals surface area contributed by atoms with Crippen LogP contribution in [0.3, 0.4) is 0 Å². The molecule has 1 aromatic carbocycles. The molecule has 19 heavy (non-hydrogen) atoms. The van der Waals surface area contributed by atoms with Crippen LogP contribution in [-0.4, -0.2) is 36.8 Å². The van der Waals surface area contributed by atoms with Crippen molar-refractivity contribution in [2.45, 2.75) is 6.10 Å². The average molecular weight is 354 g/mol. The Hall–Kier alpha value is -0.690. The van der Waals surface area contributed by atoms with Crippen LogP contribution in [0, 0.1) is 11.7 Å². The Balaban J connectivity index is 0.00000180. The van der Waals surface area contributed by atoms with E-state index in [1.807, 2.05) is 0 Å². The van der Waals surface area contributed by atoms with Gasteiger partial charge in [0.15, 0.2) is 0 Å². The lowest BCUT2D eigenvalue weighted by atomic mass is 10.1. The van der Waals surface area contributed by atoms with Crippen LogP contribution in [0.2, 0.25) is 0 Å². The Labute approximate surface area is 125 Å². The van der Waals surface area contributed by atoms with E-state index in [9.17, 15) is 14.3 Å². The molecule has 7 heteroatoms. The Kier molecular flexibility index (Phi) is 6.19. The highest BCUT2D eigenvalue weighted by Crippen LogP contribution is 2.15. The summed E-state index contributed by atoms with van der Waals surface area (Å²) < 4.78 is 14.1. The smallest absolute Gasteiger partial charge is 0.254 e. The normalized spacial score (nSPS) is 21.8. The number of hydrogen-bond donors (Lipinski definition) is 3. The Morgan fingerprint density at radius 1 is 1.53 bits per heavy atom. The van der Waals surface area contributed by atoms with Gasteiger partial charge in [0, 0.05) is 30.0 Å². The summed E-state index contributed by atoms with van der Waals surface area (Å²) in [6.45, 7) is 1.53. The Morgan fingerprint density at radius 2 is 2.26 bits per heavy atom. The van der Waals surface area contributed by atoms with E-state index in [0.717, 1.165) is 0 Å². The van der Waals surface area contributed by atoms with Crippen molar-refractivity contribution in [3.8, 4) is 0 Å². The van der Waals surface area contributed by atoms with Crippen molar-refractivity contribution in [2.75, 3.05) is 19.6 Å². The van der Waals surface area contributed by atoms with E-state index in [0.29, 0.717) is 24.1 Å². The first-order valence-corrected chi connectivity index (χ1v) is 6.49. The molecule has 1 aliphatic heterocycles. The van der Waals surface area contributed by atoms with Gasteiger partial charge >= 0.3 is 0 Å². The van der Waals surface area contributed by atoms with Crippen molar-refractivity contribution in [2.24, 2.45) is 5.92 Å². The van der Waals surface area contributed by atoms with Gasteiger partial charge in [-0.15, -0.1) is 12.4 Å². The summed E-state index contributed by atoms with van der Waals surface area (Å²) in [5.74, 6) is -1.04. The second-order valence-corrected chi connectivity index (χ2v) is 5.24. The van der Waals surface area contributed by atoms with E-state index in [2.05, 4.69) is 26.6 Å². The number of aliphatic hydroxyl groups excluding tert-OH is 1. The summed E-state index contributed by atoms with van der Waals surface area (Å²) in [6.07, 6.45) is -0.458. The zero-order chi connectivity index (χ0) is 13.1. The van der Waals surface area contributed by atoms with Crippen molar-refractivity contribution < 1.29 is 14.3 Å². The van der Waals surface area contributed by atoms with Crippen LogP contribution in [0.5, 0.6) is 0 Å². The number of carbonyl (C=O) groups excluding carboxylic acids is 1. The highest BCUT2D eigenvalue weighted by atomic mass is 79.9. The van der Waals surface area contributed by atoms with Crippen LogP contribution in [-0.2, 0) is 0 Å². The number of carbonyl (C=O) groups is 1. The highest BCUT2D eigenvalue weighted by molar-refractivity contribution is 9.10. The molecule has 0 aromatic heterocycles. The molecule has 2 unspecified atom stereocenters. The molecule has 3 N–H and O–H groups in total. The maximum absolute atomic E-state index is 13.5. The van der Waals surface area contributed by atoms with E-state index < -0.39 is 17.8 Å². The molecule has 0 aliphatic carbocycles. The van der Waals surface area contributed by atoms with E-state index in [1.54, 1.807) is 6.07 Å². The molecule has 4 nitrogen and oxygen atoms in total. The number of amides is 1. The topological polar surface area (TPSA) is 61.4 Å². The molecule has 0 bridgehead atoms. The average Bonchev–Trinajstić information content (AvgIpc) is 2.72. The van der Waals surface area contributed by atoms with Gasteiger partial charge in [0.05, 0.1) is 11.7 Å². The van der Waals surface area contributed by atoms with Crippen LogP contribution in [0.15, 0.2) is 22.7 Å². The summed E-state index contributed by atoms with van der Waals surface area (Å²) >= 11 is 3.13. The van der Waals surface area contributed by atoms with Crippen molar-refractivity contribution >= 4 is 34.2 Å². The third-order valence-corrected chi connectivity index (χ3v) is 3.50. The predicted octanol–water partition coefficient (Wildman–Crippen LogP) is 1.32. The van der Waals surface area contributed by atoms with Gasteiger partial charge in [-0.3, -0.25) is 4.79 Å². The maximum Gasteiger partial charge on any atom is 0.254 e. The zero-order valence-corrected chi connectivity index (χ0v) is 12.4. The van der Waals surface area contributed by atoms with Gasteiger partial charge < -0.3 is 15.7 Å². The maximum atomic E-state index is 13.5. The Bertz CT molecular complexity index is 461. The van der Waals surface area contributed by atoms with Gasteiger partial charge in [0.2, 0.25) is 0 Å². The van der Waals surface area contributed by atoms with Crippen LogP contribution >= 0.6 is 28.3 Å². The summed E-state index contributed by atoms with van der Waals surface area (Å²) in [4.78, 5) is 11.8. The molecule has 1 heterocycles. The molecular formula is C12H15BrClFN2O2. The lowest BCUT2D eigenvalue weighted by molar-refractivity contribution is 0.0923. The van der Waals surface area contributed by atoms with Crippen LogP contribution in [0.1, 0.15) is 10.4 Å². The van der Waals surface area contributed by atoms with Crippen molar-refractivity contribution in [1.82, 2.24) is 10.6 Å². The second kappa shape index (κ2) is 7.19. The minimum absolute atomic E-state index is 0. The molecule has 1 aromatic rings. The molecule has 1 fully saturated rings. The molecule has 1 amide bonds. The van der Waals surface area contributed by atoms with Gasteiger partial charge in [-0.25, -0.2) is 4.39 Å². The Morgan fingerprint density at radius 3 is 2.84 bits per heavy atom. The number of β-amino-alcohol motifs (C(OH)–C–C–N with tert-alkyl or cyclic N) is 1.